The number of rotatable bonds is 7. The molecule has 4 rings (SSSR count). The molecule has 0 radical (unpaired) electrons. The number of hydrogen-bond acceptors (Lipinski definition) is 4. The van der Waals surface area contributed by atoms with E-state index in [4.69, 9.17) is 11.6 Å². The normalized spacial score (nSPS) is 13.5. The van der Waals surface area contributed by atoms with Crippen molar-refractivity contribution in [2.75, 3.05) is 22.7 Å². The minimum absolute atomic E-state index is 0.105. The van der Waals surface area contributed by atoms with Crippen LogP contribution in [0.3, 0.4) is 0 Å². The third-order valence-electron chi connectivity index (χ3n) is 5.52. The van der Waals surface area contributed by atoms with Crippen molar-refractivity contribution < 1.29 is 18.0 Å². The lowest BCUT2D eigenvalue weighted by Gasteiger charge is -2.31. The number of sulfonamides is 1. The van der Waals surface area contributed by atoms with Gasteiger partial charge in [0.25, 0.3) is 15.9 Å². The molecule has 1 heterocycles. The van der Waals surface area contributed by atoms with Crippen LogP contribution in [0.1, 0.15) is 30.1 Å². The Morgan fingerprint density at radius 2 is 1.71 bits per heavy atom. The lowest BCUT2D eigenvalue weighted by Crippen LogP contribution is -2.40. The summed E-state index contributed by atoms with van der Waals surface area (Å²) in [5, 5.41) is 5.99. The number of fused-ring (bicyclic) bond motifs is 3. The highest BCUT2D eigenvalue weighted by Crippen LogP contribution is 2.43. The SMILES string of the molecule is CCCCNC(=O)c1ccccc1NC(=O)CN1c2ccc(Cl)cc2-c2ccccc2S1(=O)=O. The van der Waals surface area contributed by atoms with Crippen LogP contribution < -0.4 is 14.9 Å². The van der Waals surface area contributed by atoms with E-state index < -0.39 is 22.5 Å². The number of para-hydroxylation sites is 1. The predicted octanol–water partition coefficient (Wildman–Crippen LogP) is 4.68. The quantitative estimate of drug-likeness (QED) is 0.463. The van der Waals surface area contributed by atoms with Crippen LogP contribution in [0.15, 0.2) is 71.6 Å². The molecule has 3 aromatic rings. The summed E-state index contributed by atoms with van der Waals surface area (Å²) in [5.41, 5.74) is 2.15. The van der Waals surface area contributed by atoms with Crippen LogP contribution in [0.4, 0.5) is 11.4 Å². The van der Waals surface area contributed by atoms with Gasteiger partial charge in [0.05, 0.1) is 21.8 Å². The second-order valence-corrected chi connectivity index (χ2v) is 10.1. The molecule has 0 spiro atoms. The molecule has 1 aliphatic heterocycles. The lowest BCUT2D eigenvalue weighted by atomic mass is 10.0. The van der Waals surface area contributed by atoms with Crippen LogP contribution in [-0.2, 0) is 14.8 Å². The number of anilines is 2. The standard InChI is InChI=1S/C25H24ClN3O4S/c1-2-3-14-27-25(31)19-9-4-6-10-21(19)28-24(30)16-29-22-13-12-17(26)15-20(22)18-8-5-7-11-23(18)34(29,32)33/h4-13,15H,2-3,14,16H2,1H3,(H,27,31)(H,28,30). The molecule has 34 heavy (non-hydrogen) atoms. The van der Waals surface area contributed by atoms with Gasteiger partial charge in [-0.2, -0.15) is 0 Å². The van der Waals surface area contributed by atoms with E-state index in [1.54, 1.807) is 60.7 Å². The second-order valence-electron chi connectivity index (χ2n) is 7.87. The third kappa shape index (κ3) is 4.64. The van der Waals surface area contributed by atoms with Crippen molar-refractivity contribution >= 4 is 44.8 Å². The van der Waals surface area contributed by atoms with Crippen LogP contribution in [-0.4, -0.2) is 33.3 Å². The first-order valence-corrected chi connectivity index (χ1v) is 12.7. The number of halogens is 1. The number of carbonyl (C=O) groups is 2. The largest absolute Gasteiger partial charge is 0.352 e. The second kappa shape index (κ2) is 9.87. The van der Waals surface area contributed by atoms with Gasteiger partial charge in [-0.1, -0.05) is 55.3 Å². The van der Waals surface area contributed by atoms with Gasteiger partial charge in [-0.05, 0) is 42.8 Å². The summed E-state index contributed by atoms with van der Waals surface area (Å²) in [4.78, 5) is 25.7. The van der Waals surface area contributed by atoms with E-state index in [2.05, 4.69) is 10.6 Å². The van der Waals surface area contributed by atoms with Crippen molar-refractivity contribution in [3.05, 3.63) is 77.3 Å². The van der Waals surface area contributed by atoms with Gasteiger partial charge in [0, 0.05) is 22.7 Å². The molecule has 0 bridgehead atoms. The zero-order valence-electron chi connectivity index (χ0n) is 18.5. The number of unbranched alkanes of at least 4 members (excludes halogenated alkanes) is 1. The van der Waals surface area contributed by atoms with Crippen molar-refractivity contribution in [1.82, 2.24) is 5.32 Å². The molecule has 0 aromatic heterocycles. The summed E-state index contributed by atoms with van der Waals surface area (Å²) < 4.78 is 27.9. The summed E-state index contributed by atoms with van der Waals surface area (Å²) in [6.45, 7) is 2.10. The Balaban J connectivity index is 1.62. The Kier molecular flexibility index (Phi) is 6.90. The fraction of sp³-hybridized carbons (Fsp3) is 0.200. The van der Waals surface area contributed by atoms with E-state index in [1.807, 2.05) is 6.92 Å². The Morgan fingerprint density at radius 1 is 0.971 bits per heavy atom. The van der Waals surface area contributed by atoms with Gasteiger partial charge in [0.1, 0.15) is 6.54 Å². The summed E-state index contributed by atoms with van der Waals surface area (Å²) >= 11 is 6.18. The number of nitrogens with one attached hydrogen (secondary N) is 2. The lowest BCUT2D eigenvalue weighted by molar-refractivity contribution is -0.114. The molecular weight excluding hydrogens is 474 g/mol. The zero-order valence-corrected chi connectivity index (χ0v) is 20.1. The summed E-state index contributed by atoms with van der Waals surface area (Å²) in [7, 11) is -3.99. The molecular formula is C25H24ClN3O4S. The fourth-order valence-corrected chi connectivity index (χ4v) is 5.68. The Morgan fingerprint density at radius 3 is 2.50 bits per heavy atom. The number of carbonyl (C=O) groups excluding carboxylic acids is 2. The highest BCUT2D eigenvalue weighted by molar-refractivity contribution is 7.93. The van der Waals surface area contributed by atoms with Gasteiger partial charge in [-0.25, -0.2) is 8.42 Å². The maximum absolute atomic E-state index is 13.4. The first kappa shape index (κ1) is 23.8. The number of hydrogen-bond donors (Lipinski definition) is 2. The van der Waals surface area contributed by atoms with Crippen molar-refractivity contribution in [3.8, 4) is 11.1 Å². The molecule has 0 unspecified atom stereocenters. The Labute approximate surface area is 203 Å². The molecule has 1 aliphatic rings. The van der Waals surface area contributed by atoms with Crippen LogP contribution >= 0.6 is 11.6 Å². The zero-order chi connectivity index (χ0) is 24.3. The van der Waals surface area contributed by atoms with Crippen LogP contribution in [0.5, 0.6) is 0 Å². The van der Waals surface area contributed by atoms with Gasteiger partial charge >= 0.3 is 0 Å². The van der Waals surface area contributed by atoms with Gasteiger partial charge in [-0.3, -0.25) is 13.9 Å². The fourth-order valence-electron chi connectivity index (χ4n) is 3.86. The topological polar surface area (TPSA) is 95.6 Å². The van der Waals surface area contributed by atoms with Crippen molar-refractivity contribution in [1.29, 1.82) is 0 Å². The Bertz CT molecular complexity index is 1360. The smallest absolute Gasteiger partial charge is 0.265 e. The minimum Gasteiger partial charge on any atom is -0.352 e. The highest BCUT2D eigenvalue weighted by Gasteiger charge is 2.36. The molecule has 0 saturated heterocycles. The average Bonchev–Trinajstić information content (AvgIpc) is 2.82. The summed E-state index contributed by atoms with van der Waals surface area (Å²) in [5.74, 6) is -0.874. The first-order chi connectivity index (χ1) is 16.3. The van der Waals surface area contributed by atoms with E-state index in [1.165, 1.54) is 6.07 Å². The van der Waals surface area contributed by atoms with Crippen molar-refractivity contribution in [2.45, 2.75) is 24.7 Å². The number of amides is 2. The van der Waals surface area contributed by atoms with E-state index in [9.17, 15) is 18.0 Å². The van der Waals surface area contributed by atoms with E-state index in [-0.39, 0.29) is 10.8 Å². The maximum atomic E-state index is 13.4. The predicted molar refractivity (Wildman–Crippen MR) is 134 cm³/mol. The molecule has 2 N–H and O–H groups in total. The van der Waals surface area contributed by atoms with Gasteiger partial charge < -0.3 is 10.6 Å². The molecule has 0 atom stereocenters. The average molecular weight is 498 g/mol. The van der Waals surface area contributed by atoms with Crippen LogP contribution in [0, 0.1) is 0 Å². The maximum Gasteiger partial charge on any atom is 0.265 e. The van der Waals surface area contributed by atoms with Crippen LogP contribution in [0.2, 0.25) is 5.02 Å². The van der Waals surface area contributed by atoms with Crippen LogP contribution in [0.25, 0.3) is 11.1 Å². The molecule has 2 amide bonds. The van der Waals surface area contributed by atoms with Gasteiger partial charge in [0.2, 0.25) is 5.91 Å². The van der Waals surface area contributed by atoms with E-state index in [0.717, 1.165) is 17.1 Å². The molecule has 7 nitrogen and oxygen atoms in total. The molecule has 0 saturated carbocycles. The Hall–Kier alpha value is -3.36. The minimum atomic E-state index is -3.99. The first-order valence-electron chi connectivity index (χ1n) is 10.9. The van der Waals surface area contributed by atoms with E-state index in [0.29, 0.717) is 39.6 Å². The molecule has 3 aromatic carbocycles. The molecule has 176 valence electrons. The van der Waals surface area contributed by atoms with Crippen molar-refractivity contribution in [2.24, 2.45) is 0 Å². The third-order valence-corrected chi connectivity index (χ3v) is 7.57. The summed E-state index contributed by atoms with van der Waals surface area (Å²) in [6.07, 6.45) is 1.79. The van der Waals surface area contributed by atoms with E-state index >= 15 is 0 Å². The molecule has 0 fully saturated rings. The monoisotopic (exact) mass is 497 g/mol. The molecule has 0 aliphatic carbocycles. The van der Waals surface area contributed by atoms with Crippen molar-refractivity contribution in [3.63, 3.8) is 0 Å². The number of benzene rings is 3. The highest BCUT2D eigenvalue weighted by atomic mass is 35.5. The van der Waals surface area contributed by atoms with Gasteiger partial charge in [0.15, 0.2) is 0 Å². The van der Waals surface area contributed by atoms with Gasteiger partial charge in [-0.15, -0.1) is 0 Å². The number of nitrogens with zero attached hydrogens (tertiary/aromatic N) is 1. The summed E-state index contributed by atoms with van der Waals surface area (Å²) in [6, 6.07) is 18.1. The molecule has 9 heteroatoms.